The molecule has 2 aromatic carbocycles. The Morgan fingerprint density at radius 3 is 2.20 bits per heavy atom. The summed E-state index contributed by atoms with van der Waals surface area (Å²) in [6, 6.07) is 12.3. The lowest BCUT2D eigenvalue weighted by atomic mass is 10.1. The van der Waals surface area contributed by atoms with E-state index < -0.39 is 0 Å². The zero-order valence-corrected chi connectivity index (χ0v) is 16.6. The first-order valence-corrected chi connectivity index (χ1v) is 9.38. The molecule has 2 aromatic rings. The number of benzene rings is 2. The van der Waals surface area contributed by atoms with Crippen molar-refractivity contribution in [2.45, 2.75) is 20.8 Å². The van der Waals surface area contributed by atoms with E-state index in [0.29, 0.717) is 0 Å². The molecule has 0 aromatic heterocycles. The van der Waals surface area contributed by atoms with Crippen LogP contribution in [0.2, 0.25) is 0 Å². The van der Waals surface area contributed by atoms with Gasteiger partial charge in [-0.3, -0.25) is 0 Å². The maximum absolute atomic E-state index is 12.6. The lowest BCUT2D eigenvalue weighted by Gasteiger charge is -2.37. The van der Waals surface area contributed by atoms with E-state index in [-0.39, 0.29) is 6.03 Å². The number of amides is 2. The fourth-order valence-corrected chi connectivity index (χ4v) is 3.87. The summed E-state index contributed by atoms with van der Waals surface area (Å²) in [5.41, 5.74) is 5.82. The second kappa shape index (κ2) is 7.48. The number of halogens is 1. The Labute approximate surface area is 158 Å². The van der Waals surface area contributed by atoms with Gasteiger partial charge in [0.1, 0.15) is 0 Å². The maximum atomic E-state index is 12.6. The Morgan fingerprint density at radius 1 is 0.960 bits per heavy atom. The van der Waals surface area contributed by atoms with E-state index >= 15 is 0 Å². The summed E-state index contributed by atoms with van der Waals surface area (Å²) in [6.07, 6.45) is 0. The topological polar surface area (TPSA) is 35.6 Å². The molecule has 0 saturated carbocycles. The molecule has 1 aliphatic heterocycles. The molecule has 132 valence electrons. The number of nitrogens with zero attached hydrogens (tertiary/aromatic N) is 2. The van der Waals surface area contributed by atoms with Crippen LogP contribution in [0.15, 0.2) is 40.9 Å². The minimum Gasteiger partial charge on any atom is -0.368 e. The van der Waals surface area contributed by atoms with Crippen molar-refractivity contribution in [2.24, 2.45) is 0 Å². The Balaban J connectivity index is 1.63. The van der Waals surface area contributed by atoms with Crippen molar-refractivity contribution in [3.8, 4) is 0 Å². The van der Waals surface area contributed by atoms with Crippen LogP contribution in [-0.2, 0) is 0 Å². The highest BCUT2D eigenvalue weighted by molar-refractivity contribution is 9.10. The van der Waals surface area contributed by atoms with Crippen molar-refractivity contribution in [3.05, 3.63) is 57.6 Å². The van der Waals surface area contributed by atoms with Gasteiger partial charge in [-0.05, 0) is 55.7 Å². The second-order valence-electron chi connectivity index (χ2n) is 6.60. The summed E-state index contributed by atoms with van der Waals surface area (Å²) in [6.45, 7) is 9.48. The Kier molecular flexibility index (Phi) is 5.33. The number of piperazine rings is 1. The Hall–Kier alpha value is -2.01. The van der Waals surface area contributed by atoms with Crippen LogP contribution in [0.25, 0.3) is 0 Å². The van der Waals surface area contributed by atoms with Crippen LogP contribution in [0.3, 0.4) is 0 Å². The highest BCUT2D eigenvalue weighted by atomic mass is 79.9. The van der Waals surface area contributed by atoms with Crippen LogP contribution < -0.4 is 10.2 Å². The van der Waals surface area contributed by atoms with Crippen LogP contribution in [0.5, 0.6) is 0 Å². The van der Waals surface area contributed by atoms with E-state index in [1.165, 1.54) is 16.8 Å². The molecule has 5 heteroatoms. The van der Waals surface area contributed by atoms with Crippen molar-refractivity contribution < 1.29 is 4.79 Å². The summed E-state index contributed by atoms with van der Waals surface area (Å²) in [4.78, 5) is 16.8. The zero-order chi connectivity index (χ0) is 18.0. The Bertz CT molecular complexity index is 762. The number of hydrogen-bond acceptors (Lipinski definition) is 2. The van der Waals surface area contributed by atoms with Gasteiger partial charge in [0.05, 0.1) is 0 Å². The fraction of sp³-hybridized carbons (Fsp3) is 0.350. The fourth-order valence-electron chi connectivity index (χ4n) is 3.40. The second-order valence-corrected chi connectivity index (χ2v) is 7.52. The van der Waals surface area contributed by atoms with Crippen LogP contribution in [0, 0.1) is 20.8 Å². The van der Waals surface area contributed by atoms with Gasteiger partial charge in [-0.1, -0.05) is 34.1 Å². The van der Waals surface area contributed by atoms with Crippen molar-refractivity contribution in [2.75, 3.05) is 36.4 Å². The van der Waals surface area contributed by atoms with Crippen LogP contribution >= 0.6 is 15.9 Å². The average Bonchev–Trinajstić information content (AvgIpc) is 2.58. The van der Waals surface area contributed by atoms with Crippen molar-refractivity contribution >= 4 is 33.3 Å². The van der Waals surface area contributed by atoms with Gasteiger partial charge in [-0.2, -0.15) is 0 Å². The van der Waals surface area contributed by atoms with E-state index in [9.17, 15) is 4.79 Å². The quantitative estimate of drug-likeness (QED) is 0.789. The molecule has 1 heterocycles. The number of nitrogens with one attached hydrogen (secondary N) is 1. The first kappa shape index (κ1) is 17.8. The summed E-state index contributed by atoms with van der Waals surface area (Å²) < 4.78 is 1.02. The third-order valence-electron chi connectivity index (χ3n) is 4.75. The van der Waals surface area contributed by atoms with Crippen LogP contribution in [0.1, 0.15) is 16.7 Å². The molecule has 0 spiro atoms. The number of para-hydroxylation sites is 1. The van der Waals surface area contributed by atoms with Gasteiger partial charge in [-0.15, -0.1) is 0 Å². The van der Waals surface area contributed by atoms with Gasteiger partial charge in [0, 0.05) is 42.0 Å². The molecule has 0 radical (unpaired) electrons. The minimum absolute atomic E-state index is 0.0217. The van der Waals surface area contributed by atoms with Gasteiger partial charge in [0.2, 0.25) is 0 Å². The monoisotopic (exact) mass is 401 g/mol. The normalized spacial score (nSPS) is 14.6. The molecule has 1 saturated heterocycles. The van der Waals surface area contributed by atoms with Gasteiger partial charge >= 0.3 is 6.03 Å². The summed E-state index contributed by atoms with van der Waals surface area (Å²) in [5.74, 6) is 0. The predicted molar refractivity (Wildman–Crippen MR) is 108 cm³/mol. The van der Waals surface area contributed by atoms with Crippen molar-refractivity contribution in [1.29, 1.82) is 0 Å². The minimum atomic E-state index is -0.0217. The molecule has 1 aliphatic rings. The van der Waals surface area contributed by atoms with E-state index in [0.717, 1.165) is 41.9 Å². The molecule has 25 heavy (non-hydrogen) atoms. The SMILES string of the molecule is Cc1cc(Br)ccc1NC(=O)N1CCN(c2c(C)cccc2C)CC1. The zero-order valence-electron chi connectivity index (χ0n) is 15.0. The van der Waals surface area contributed by atoms with Gasteiger partial charge < -0.3 is 15.1 Å². The lowest BCUT2D eigenvalue weighted by Crippen LogP contribution is -2.50. The number of anilines is 2. The number of carbonyl (C=O) groups is 1. The molecule has 0 atom stereocenters. The first-order chi connectivity index (χ1) is 12.0. The largest absolute Gasteiger partial charge is 0.368 e. The molecule has 4 nitrogen and oxygen atoms in total. The highest BCUT2D eigenvalue weighted by Crippen LogP contribution is 2.26. The van der Waals surface area contributed by atoms with E-state index in [1.807, 2.05) is 30.0 Å². The van der Waals surface area contributed by atoms with Crippen molar-refractivity contribution in [1.82, 2.24) is 4.90 Å². The number of aryl methyl sites for hydroxylation is 3. The van der Waals surface area contributed by atoms with E-state index in [1.54, 1.807) is 0 Å². The van der Waals surface area contributed by atoms with Gasteiger partial charge in [-0.25, -0.2) is 4.79 Å². The highest BCUT2D eigenvalue weighted by Gasteiger charge is 2.23. The molecule has 0 bridgehead atoms. The molecular formula is C20H24BrN3O. The van der Waals surface area contributed by atoms with E-state index in [4.69, 9.17) is 0 Å². The maximum Gasteiger partial charge on any atom is 0.321 e. The molecule has 0 aliphatic carbocycles. The predicted octanol–water partition coefficient (Wildman–Crippen LogP) is 4.73. The van der Waals surface area contributed by atoms with Gasteiger partial charge in [0.15, 0.2) is 0 Å². The molecule has 2 amide bonds. The van der Waals surface area contributed by atoms with Crippen molar-refractivity contribution in [3.63, 3.8) is 0 Å². The molecule has 1 fully saturated rings. The number of hydrogen-bond donors (Lipinski definition) is 1. The summed E-state index contributed by atoms with van der Waals surface area (Å²) in [5, 5.41) is 3.03. The Morgan fingerprint density at radius 2 is 1.60 bits per heavy atom. The third-order valence-corrected chi connectivity index (χ3v) is 5.25. The molecular weight excluding hydrogens is 378 g/mol. The first-order valence-electron chi connectivity index (χ1n) is 8.59. The van der Waals surface area contributed by atoms with Crippen LogP contribution in [0.4, 0.5) is 16.2 Å². The van der Waals surface area contributed by atoms with E-state index in [2.05, 4.69) is 58.2 Å². The molecule has 3 rings (SSSR count). The lowest BCUT2D eigenvalue weighted by molar-refractivity contribution is 0.208. The standard InChI is InChI=1S/C20H24BrN3O/c1-14-5-4-6-15(2)19(14)23-9-11-24(12-10-23)20(25)22-18-8-7-17(21)13-16(18)3/h4-8,13H,9-12H2,1-3H3,(H,22,25). The van der Waals surface area contributed by atoms with Gasteiger partial charge in [0.25, 0.3) is 0 Å². The number of urea groups is 1. The number of rotatable bonds is 2. The molecule has 1 N–H and O–H groups in total. The third kappa shape index (κ3) is 3.98. The molecule has 0 unspecified atom stereocenters. The summed E-state index contributed by atoms with van der Waals surface area (Å²) in [7, 11) is 0. The smallest absolute Gasteiger partial charge is 0.321 e. The summed E-state index contributed by atoms with van der Waals surface area (Å²) >= 11 is 3.45. The van der Waals surface area contributed by atoms with Crippen LogP contribution in [-0.4, -0.2) is 37.1 Å². The number of carbonyl (C=O) groups excluding carboxylic acids is 1. The average molecular weight is 402 g/mol.